The van der Waals surface area contributed by atoms with Crippen LogP contribution in [0.5, 0.6) is 0 Å². The summed E-state index contributed by atoms with van der Waals surface area (Å²) >= 11 is 0. The van der Waals surface area contributed by atoms with E-state index in [2.05, 4.69) is 15.3 Å². The standard InChI is InChI=1S/C8H11N5/c1-6-10-11-8(12(6)2)7-4-5-9-13(7)3/h4-5H,1-3H3/p+1. The summed E-state index contributed by atoms with van der Waals surface area (Å²) in [6.07, 6.45) is 1.76. The maximum absolute atomic E-state index is 4.11. The molecule has 13 heavy (non-hydrogen) atoms. The van der Waals surface area contributed by atoms with Gasteiger partial charge in [-0.1, -0.05) is 10.2 Å². The number of nitrogens with one attached hydrogen (secondary N) is 1. The molecular weight excluding hydrogens is 166 g/mol. The van der Waals surface area contributed by atoms with Crippen LogP contribution in [0.3, 0.4) is 0 Å². The van der Waals surface area contributed by atoms with Crippen LogP contribution in [0.1, 0.15) is 12.6 Å². The molecule has 2 heterocycles. The smallest absolute Gasteiger partial charge is 0.261 e. The Balaban J connectivity index is 2.37. The lowest BCUT2D eigenvalue weighted by atomic mass is 10.3. The van der Waals surface area contributed by atoms with Gasteiger partial charge in [0.25, 0.3) is 5.84 Å². The number of rotatable bonds is 1. The first-order chi connectivity index (χ1) is 6.20. The van der Waals surface area contributed by atoms with E-state index in [1.807, 2.05) is 27.1 Å². The van der Waals surface area contributed by atoms with E-state index >= 15 is 0 Å². The Labute approximate surface area is 76.4 Å². The van der Waals surface area contributed by atoms with Crippen LogP contribution < -0.4 is 4.90 Å². The van der Waals surface area contributed by atoms with Crippen molar-refractivity contribution in [3.63, 3.8) is 0 Å². The first kappa shape index (κ1) is 8.12. The molecule has 0 saturated heterocycles. The van der Waals surface area contributed by atoms with Crippen molar-refractivity contribution in [3.8, 4) is 0 Å². The van der Waals surface area contributed by atoms with Gasteiger partial charge >= 0.3 is 0 Å². The molecule has 0 saturated carbocycles. The molecule has 0 spiro atoms. The lowest BCUT2D eigenvalue weighted by molar-refractivity contribution is -0.671. The van der Waals surface area contributed by atoms with Crippen LogP contribution in [0, 0.1) is 0 Å². The summed E-state index contributed by atoms with van der Waals surface area (Å²) in [5, 5.41) is 12.2. The average Bonchev–Trinajstić information content (AvgIpc) is 2.62. The first-order valence-corrected chi connectivity index (χ1v) is 4.15. The van der Waals surface area contributed by atoms with Crippen molar-refractivity contribution in [1.82, 2.24) is 9.78 Å². The van der Waals surface area contributed by atoms with Crippen molar-refractivity contribution in [3.05, 3.63) is 18.0 Å². The third kappa shape index (κ3) is 1.17. The fourth-order valence-electron chi connectivity index (χ4n) is 1.30. The van der Waals surface area contributed by atoms with Gasteiger partial charge in [-0.25, -0.2) is 4.90 Å². The molecule has 1 aromatic heterocycles. The van der Waals surface area contributed by atoms with Crippen molar-refractivity contribution in [1.29, 1.82) is 0 Å². The molecule has 2 rings (SSSR count). The normalized spacial score (nSPS) is 21.6. The summed E-state index contributed by atoms with van der Waals surface area (Å²) in [5.41, 5.74) is 1.01. The Morgan fingerprint density at radius 1 is 1.38 bits per heavy atom. The fraction of sp³-hybridized carbons (Fsp3) is 0.375. The molecule has 1 aromatic rings. The molecule has 1 aliphatic rings. The van der Waals surface area contributed by atoms with E-state index in [-0.39, 0.29) is 0 Å². The number of quaternary nitrogens is 1. The molecule has 0 amide bonds. The third-order valence-corrected chi connectivity index (χ3v) is 2.26. The highest BCUT2D eigenvalue weighted by molar-refractivity contribution is 5.98. The van der Waals surface area contributed by atoms with Crippen LogP contribution in [0.15, 0.2) is 22.5 Å². The van der Waals surface area contributed by atoms with Crippen LogP contribution >= 0.6 is 0 Å². The van der Waals surface area contributed by atoms with Gasteiger partial charge in [0.2, 0.25) is 5.84 Å². The van der Waals surface area contributed by atoms with Crippen molar-refractivity contribution in [2.45, 2.75) is 6.92 Å². The van der Waals surface area contributed by atoms with Gasteiger partial charge in [0, 0.05) is 20.2 Å². The van der Waals surface area contributed by atoms with Crippen LogP contribution in [0.4, 0.5) is 0 Å². The minimum atomic E-state index is 0.928. The topological polar surface area (TPSA) is 47.0 Å². The quantitative estimate of drug-likeness (QED) is 0.591. The maximum atomic E-state index is 4.11. The lowest BCUT2D eigenvalue weighted by Gasteiger charge is -2.06. The van der Waals surface area contributed by atoms with E-state index in [0.717, 1.165) is 22.3 Å². The Kier molecular flexibility index (Phi) is 1.73. The Hall–Kier alpha value is -1.49. The molecule has 0 bridgehead atoms. The predicted octanol–water partition coefficient (Wildman–Crippen LogP) is -0.972. The van der Waals surface area contributed by atoms with Gasteiger partial charge in [0.15, 0.2) is 0 Å². The van der Waals surface area contributed by atoms with Crippen LogP contribution in [0.2, 0.25) is 0 Å². The number of aryl methyl sites for hydroxylation is 1. The molecule has 68 valence electrons. The van der Waals surface area contributed by atoms with Gasteiger partial charge in [-0.2, -0.15) is 5.10 Å². The summed E-state index contributed by atoms with van der Waals surface area (Å²) in [6.45, 7) is 1.96. The molecule has 0 radical (unpaired) electrons. The zero-order chi connectivity index (χ0) is 9.42. The van der Waals surface area contributed by atoms with Crippen LogP contribution in [0.25, 0.3) is 0 Å². The minimum absolute atomic E-state index is 0.928. The van der Waals surface area contributed by atoms with E-state index in [1.54, 1.807) is 10.9 Å². The highest BCUT2D eigenvalue weighted by atomic mass is 15.4. The number of hydrogen-bond donors (Lipinski definition) is 1. The number of aromatic nitrogens is 2. The molecule has 1 aliphatic heterocycles. The molecule has 0 fully saturated rings. The summed E-state index contributed by atoms with van der Waals surface area (Å²) in [5.74, 6) is 1.91. The lowest BCUT2D eigenvalue weighted by Crippen LogP contribution is -3.13. The van der Waals surface area contributed by atoms with Crippen molar-refractivity contribution >= 4 is 11.7 Å². The Morgan fingerprint density at radius 3 is 2.62 bits per heavy atom. The van der Waals surface area contributed by atoms with Gasteiger partial charge in [-0.15, -0.1) is 0 Å². The average molecular weight is 178 g/mol. The Bertz CT molecular complexity index is 387. The van der Waals surface area contributed by atoms with Crippen LogP contribution in [-0.2, 0) is 7.05 Å². The molecule has 0 aromatic carbocycles. The molecular formula is C8H12N5+. The molecule has 0 aliphatic carbocycles. The van der Waals surface area contributed by atoms with E-state index in [4.69, 9.17) is 0 Å². The van der Waals surface area contributed by atoms with Crippen molar-refractivity contribution in [2.75, 3.05) is 7.05 Å². The Morgan fingerprint density at radius 2 is 2.15 bits per heavy atom. The fourth-order valence-corrected chi connectivity index (χ4v) is 1.30. The molecule has 1 atom stereocenters. The maximum Gasteiger partial charge on any atom is 0.276 e. The summed E-state index contributed by atoms with van der Waals surface area (Å²) < 4.78 is 1.80. The molecule has 1 unspecified atom stereocenters. The van der Waals surface area contributed by atoms with Crippen molar-refractivity contribution < 1.29 is 4.90 Å². The highest BCUT2D eigenvalue weighted by Gasteiger charge is 2.25. The SMILES string of the molecule is CC1=NN=C(c2ccnn2C)[NH+]1C. The van der Waals surface area contributed by atoms with E-state index in [0.29, 0.717) is 0 Å². The van der Waals surface area contributed by atoms with Gasteiger partial charge in [-0.05, 0) is 6.07 Å². The molecule has 5 heteroatoms. The monoisotopic (exact) mass is 178 g/mol. The second kappa shape index (κ2) is 2.77. The third-order valence-electron chi connectivity index (χ3n) is 2.26. The summed E-state index contributed by atoms with van der Waals surface area (Å²) in [7, 11) is 3.93. The molecule has 5 nitrogen and oxygen atoms in total. The van der Waals surface area contributed by atoms with E-state index in [1.165, 1.54) is 0 Å². The minimum Gasteiger partial charge on any atom is -0.261 e. The van der Waals surface area contributed by atoms with Gasteiger partial charge in [0.05, 0.1) is 7.05 Å². The van der Waals surface area contributed by atoms with E-state index in [9.17, 15) is 0 Å². The van der Waals surface area contributed by atoms with Crippen LogP contribution in [-0.4, -0.2) is 28.5 Å². The van der Waals surface area contributed by atoms with Gasteiger partial charge in [-0.3, -0.25) is 4.68 Å². The number of hydrogen-bond acceptors (Lipinski definition) is 3. The zero-order valence-electron chi connectivity index (χ0n) is 7.94. The second-order valence-electron chi connectivity index (χ2n) is 3.10. The predicted molar refractivity (Wildman–Crippen MR) is 49.7 cm³/mol. The highest BCUT2D eigenvalue weighted by Crippen LogP contribution is 1.98. The number of nitrogens with zero attached hydrogens (tertiary/aromatic N) is 4. The second-order valence-corrected chi connectivity index (χ2v) is 3.10. The van der Waals surface area contributed by atoms with Crippen molar-refractivity contribution in [2.24, 2.45) is 17.3 Å². The largest absolute Gasteiger partial charge is 0.276 e. The van der Waals surface area contributed by atoms with Gasteiger partial charge < -0.3 is 0 Å². The number of amidine groups is 2. The zero-order valence-corrected chi connectivity index (χ0v) is 7.94. The first-order valence-electron chi connectivity index (χ1n) is 4.15. The molecule has 1 N–H and O–H groups in total. The van der Waals surface area contributed by atoms with Gasteiger partial charge in [0.1, 0.15) is 5.69 Å². The summed E-state index contributed by atoms with van der Waals surface area (Å²) in [4.78, 5) is 1.13. The van der Waals surface area contributed by atoms with E-state index < -0.39 is 0 Å². The summed E-state index contributed by atoms with van der Waals surface area (Å²) in [6, 6.07) is 1.94.